The van der Waals surface area contributed by atoms with Crippen LogP contribution in [0.4, 0.5) is 10.5 Å². The van der Waals surface area contributed by atoms with E-state index in [0.717, 1.165) is 10.5 Å². The number of carbonyl (C=O) groups excluding carboxylic acids is 2. The third kappa shape index (κ3) is 3.07. The Morgan fingerprint density at radius 2 is 1.81 bits per heavy atom. The lowest BCUT2D eigenvalue weighted by molar-refractivity contribution is -0.383. The summed E-state index contributed by atoms with van der Waals surface area (Å²) in [5.74, 6) is 0.701. The number of hydrogen-bond acceptors (Lipinski definition) is 5. The van der Waals surface area contributed by atoms with E-state index in [4.69, 9.17) is 14.5 Å². The van der Waals surface area contributed by atoms with E-state index >= 15 is 0 Å². The van der Waals surface area contributed by atoms with Crippen molar-refractivity contribution < 1.29 is 24.1 Å². The number of urea groups is 1. The third-order valence-electron chi connectivity index (χ3n) is 4.78. The molecule has 2 heterocycles. The topological polar surface area (TPSA) is 85.4 Å². The predicted octanol–water partition coefficient (Wildman–Crippen LogP) is 0.703. The Balaban J connectivity index is 2.11. The Morgan fingerprint density at radius 3 is 2.44 bits per heavy atom. The van der Waals surface area contributed by atoms with Crippen LogP contribution in [0.15, 0.2) is 35.0 Å². The zero-order valence-electron chi connectivity index (χ0n) is 16.1. The maximum absolute atomic E-state index is 12.9. The standard InChI is InChI=1S/C19H22N4O4/c1-6-11-10-20-17-15(18(24)23(3)19(25)22(17)2)16(11)21-12-7-8-13(26-4)14(9-12)27-5/h7-10,15H,6H2,1-5H3/p+1. The number of rotatable bonds is 4. The summed E-state index contributed by atoms with van der Waals surface area (Å²) in [7, 11) is 6.25. The number of ether oxygens (including phenoxy) is 2. The molecule has 1 aromatic carbocycles. The van der Waals surface area contributed by atoms with Gasteiger partial charge in [0.25, 0.3) is 11.7 Å². The molecule has 0 saturated carbocycles. The molecule has 0 spiro atoms. The van der Waals surface area contributed by atoms with E-state index in [1.165, 1.54) is 11.9 Å². The molecular formula is C19H23N4O4+. The molecule has 0 bridgehead atoms. The zero-order valence-corrected chi connectivity index (χ0v) is 16.1. The van der Waals surface area contributed by atoms with Gasteiger partial charge in [-0.3, -0.25) is 9.79 Å². The smallest absolute Gasteiger partial charge is 0.417 e. The second-order valence-corrected chi connectivity index (χ2v) is 6.26. The first kappa shape index (κ1) is 18.6. The quantitative estimate of drug-likeness (QED) is 0.844. The first-order chi connectivity index (χ1) is 12.9. The molecule has 142 valence electrons. The molecule has 8 heteroatoms. The predicted molar refractivity (Wildman–Crippen MR) is 100 cm³/mol. The van der Waals surface area contributed by atoms with Gasteiger partial charge < -0.3 is 9.47 Å². The number of nitrogens with one attached hydrogen (secondary N) is 1. The number of carbonyl (C=O) groups is 2. The lowest BCUT2D eigenvalue weighted by Gasteiger charge is -2.32. The van der Waals surface area contributed by atoms with Crippen LogP contribution in [0, 0.1) is 5.92 Å². The first-order valence-corrected chi connectivity index (χ1v) is 8.61. The second-order valence-electron chi connectivity index (χ2n) is 6.26. The monoisotopic (exact) mass is 371 g/mol. The van der Waals surface area contributed by atoms with Crippen LogP contribution in [0.2, 0.25) is 0 Å². The number of methoxy groups -OCH3 is 2. The highest BCUT2D eigenvalue weighted by Gasteiger charge is 2.50. The van der Waals surface area contributed by atoms with E-state index in [1.54, 1.807) is 45.7 Å². The normalized spacial score (nSPS) is 21.1. The minimum atomic E-state index is -0.661. The van der Waals surface area contributed by atoms with Gasteiger partial charge in [-0.15, -0.1) is 0 Å². The summed E-state index contributed by atoms with van der Waals surface area (Å²) in [6, 6.07) is 4.95. The number of amidine groups is 1. The molecule has 1 unspecified atom stereocenters. The minimum Gasteiger partial charge on any atom is -0.493 e. The summed E-state index contributed by atoms with van der Waals surface area (Å²) in [6.07, 6.45) is 2.49. The first-order valence-electron chi connectivity index (χ1n) is 8.61. The van der Waals surface area contributed by atoms with Crippen molar-refractivity contribution in [3.8, 4) is 11.5 Å². The van der Waals surface area contributed by atoms with Gasteiger partial charge in [-0.1, -0.05) is 6.92 Å². The maximum Gasteiger partial charge on any atom is 0.417 e. The van der Waals surface area contributed by atoms with Crippen molar-refractivity contribution in [2.75, 3.05) is 28.3 Å². The molecule has 8 nitrogen and oxygen atoms in total. The Bertz CT molecular complexity index is 888. The molecule has 0 radical (unpaired) electrons. The molecule has 0 aliphatic carbocycles. The molecule has 27 heavy (non-hydrogen) atoms. The Hall–Kier alpha value is -3.16. The lowest BCUT2D eigenvalue weighted by atomic mass is 9.89. The summed E-state index contributed by atoms with van der Waals surface area (Å²) in [5, 5.41) is 0. The molecule has 1 fully saturated rings. The zero-order chi connectivity index (χ0) is 19.7. The molecule has 3 rings (SSSR count). The van der Waals surface area contributed by atoms with Gasteiger partial charge >= 0.3 is 6.03 Å². The number of nitrogens with zero attached hydrogens (tertiary/aromatic N) is 3. The van der Waals surface area contributed by atoms with E-state index in [-0.39, 0.29) is 11.9 Å². The van der Waals surface area contributed by atoms with Crippen LogP contribution in [0.5, 0.6) is 11.5 Å². The molecule has 3 amide bonds. The van der Waals surface area contributed by atoms with Crippen LogP contribution in [-0.4, -0.2) is 61.6 Å². The van der Waals surface area contributed by atoms with Crippen LogP contribution in [-0.2, 0) is 4.79 Å². The highest BCUT2D eigenvalue weighted by atomic mass is 16.5. The molecule has 1 saturated heterocycles. The molecule has 1 atom stereocenters. The van der Waals surface area contributed by atoms with Crippen LogP contribution in [0.1, 0.15) is 13.3 Å². The number of fused-ring (bicyclic) bond motifs is 1. The molecule has 0 aromatic heterocycles. The summed E-state index contributed by atoms with van der Waals surface area (Å²) in [6.45, 7) is 1.99. The fourth-order valence-corrected chi connectivity index (χ4v) is 3.23. The summed E-state index contributed by atoms with van der Waals surface area (Å²) in [5.41, 5.74) is 2.16. The minimum absolute atomic E-state index is 0.307. The van der Waals surface area contributed by atoms with Gasteiger partial charge in [0.05, 0.1) is 38.9 Å². The fraction of sp³-hybridized carbons (Fsp3) is 0.368. The number of hydrogen-bond donors (Lipinski definition) is 1. The van der Waals surface area contributed by atoms with Gasteiger partial charge in [-0.25, -0.2) is 14.7 Å². The molecule has 2 aliphatic rings. The Kier molecular flexibility index (Phi) is 4.98. The van der Waals surface area contributed by atoms with Gasteiger partial charge in [-0.05, 0) is 18.6 Å². The number of allylic oxidation sites excluding steroid dienone is 1. The lowest BCUT2D eigenvalue weighted by Crippen LogP contribution is -2.80. The van der Waals surface area contributed by atoms with Crippen molar-refractivity contribution in [1.82, 2.24) is 9.80 Å². The molecule has 2 aliphatic heterocycles. The molecule has 1 aromatic rings. The van der Waals surface area contributed by atoms with Gasteiger partial charge in [0, 0.05) is 18.7 Å². The third-order valence-corrected chi connectivity index (χ3v) is 4.78. The van der Waals surface area contributed by atoms with Gasteiger partial charge in [0.15, 0.2) is 17.4 Å². The van der Waals surface area contributed by atoms with Crippen molar-refractivity contribution in [3.63, 3.8) is 0 Å². The average molecular weight is 371 g/mol. The Morgan fingerprint density at radius 1 is 1.11 bits per heavy atom. The van der Waals surface area contributed by atoms with Gasteiger partial charge in [0.2, 0.25) is 0 Å². The number of benzene rings is 1. The van der Waals surface area contributed by atoms with Crippen LogP contribution in [0.25, 0.3) is 0 Å². The van der Waals surface area contributed by atoms with Crippen LogP contribution < -0.4 is 14.5 Å². The van der Waals surface area contributed by atoms with E-state index in [0.29, 0.717) is 35.2 Å². The van der Waals surface area contributed by atoms with Crippen molar-refractivity contribution in [2.24, 2.45) is 10.9 Å². The molecular weight excluding hydrogens is 348 g/mol. The van der Waals surface area contributed by atoms with E-state index in [1.807, 2.05) is 6.92 Å². The van der Waals surface area contributed by atoms with Crippen LogP contribution in [0.3, 0.4) is 0 Å². The summed E-state index contributed by atoms with van der Waals surface area (Å²) in [4.78, 5) is 35.5. The highest BCUT2D eigenvalue weighted by molar-refractivity contribution is 6.31. The van der Waals surface area contributed by atoms with Crippen molar-refractivity contribution >= 4 is 29.2 Å². The molecule has 1 N–H and O–H groups in total. The SMILES string of the molecule is CCC1=C[NH+]=C2C(C(=O)N(C)C(=O)N2C)C1=Nc1ccc(OC)c(OC)c1. The number of aliphatic imine (C=N–C) groups is 1. The van der Waals surface area contributed by atoms with E-state index in [9.17, 15) is 9.59 Å². The van der Waals surface area contributed by atoms with E-state index in [2.05, 4.69) is 4.99 Å². The number of imide groups is 1. The van der Waals surface area contributed by atoms with Crippen LogP contribution >= 0.6 is 0 Å². The highest BCUT2D eigenvalue weighted by Crippen LogP contribution is 2.32. The largest absolute Gasteiger partial charge is 0.493 e. The fourth-order valence-electron chi connectivity index (χ4n) is 3.23. The van der Waals surface area contributed by atoms with Crippen molar-refractivity contribution in [2.45, 2.75) is 13.3 Å². The van der Waals surface area contributed by atoms with Gasteiger partial charge in [-0.2, -0.15) is 4.90 Å². The Labute approximate surface area is 157 Å². The van der Waals surface area contributed by atoms with Crippen molar-refractivity contribution in [1.29, 1.82) is 0 Å². The summed E-state index contributed by atoms with van der Waals surface area (Å²) >= 11 is 0. The van der Waals surface area contributed by atoms with E-state index < -0.39 is 5.92 Å². The van der Waals surface area contributed by atoms with Gasteiger partial charge in [0.1, 0.15) is 0 Å². The summed E-state index contributed by atoms with van der Waals surface area (Å²) < 4.78 is 10.6. The second kappa shape index (κ2) is 7.22. The maximum atomic E-state index is 12.9. The average Bonchev–Trinajstić information content (AvgIpc) is 2.70. The number of amides is 3. The van der Waals surface area contributed by atoms with Crippen molar-refractivity contribution in [3.05, 3.63) is 30.0 Å².